The summed E-state index contributed by atoms with van der Waals surface area (Å²) in [7, 11) is 0. The number of nitrogens with one attached hydrogen (secondary N) is 2. The molecule has 146 valence electrons. The van der Waals surface area contributed by atoms with Crippen molar-refractivity contribution < 1.29 is 14.0 Å². The second kappa shape index (κ2) is 7.41. The van der Waals surface area contributed by atoms with Crippen LogP contribution in [0.4, 0.5) is 10.8 Å². The van der Waals surface area contributed by atoms with Crippen molar-refractivity contribution in [2.45, 2.75) is 0 Å². The first-order valence-corrected chi connectivity index (χ1v) is 9.89. The lowest BCUT2D eigenvalue weighted by atomic mass is 10.1. The number of benzene rings is 2. The summed E-state index contributed by atoms with van der Waals surface area (Å²) in [5.74, 6) is -0.397. The molecule has 30 heavy (non-hydrogen) atoms. The second-order valence-electron chi connectivity index (χ2n) is 6.50. The summed E-state index contributed by atoms with van der Waals surface area (Å²) in [5.41, 5.74) is 2.67. The van der Waals surface area contributed by atoms with Crippen LogP contribution in [0.3, 0.4) is 0 Å². The molecule has 3 heterocycles. The molecule has 0 saturated heterocycles. The third-order valence-corrected chi connectivity index (χ3v) is 5.40. The Morgan fingerprint density at radius 3 is 2.67 bits per heavy atom. The van der Waals surface area contributed by atoms with Crippen LogP contribution in [0, 0.1) is 0 Å². The predicted molar refractivity (Wildman–Crippen MR) is 116 cm³/mol. The van der Waals surface area contributed by atoms with E-state index in [1.165, 1.54) is 17.6 Å². The largest absolute Gasteiger partial charge is 0.459 e. The van der Waals surface area contributed by atoms with Crippen LogP contribution in [-0.4, -0.2) is 21.8 Å². The summed E-state index contributed by atoms with van der Waals surface area (Å²) in [4.78, 5) is 33.5. The highest BCUT2D eigenvalue weighted by atomic mass is 32.1. The molecule has 0 aliphatic rings. The minimum absolute atomic E-state index is 0.214. The molecule has 0 atom stereocenters. The van der Waals surface area contributed by atoms with E-state index in [1.54, 1.807) is 30.5 Å². The van der Waals surface area contributed by atoms with E-state index in [9.17, 15) is 9.59 Å². The summed E-state index contributed by atoms with van der Waals surface area (Å²) in [6, 6.07) is 18.1. The molecule has 0 aliphatic carbocycles. The van der Waals surface area contributed by atoms with Crippen LogP contribution in [0.25, 0.3) is 21.1 Å². The Bertz CT molecular complexity index is 1390. The maximum absolute atomic E-state index is 12.6. The zero-order valence-corrected chi connectivity index (χ0v) is 16.3. The molecule has 2 N–H and O–H groups in total. The summed E-state index contributed by atoms with van der Waals surface area (Å²) in [6.07, 6.45) is 3.00. The van der Waals surface area contributed by atoms with Crippen LogP contribution < -0.4 is 10.6 Å². The number of carbonyl (C=O) groups excluding carboxylic acids is 2. The van der Waals surface area contributed by atoms with Gasteiger partial charge in [0.05, 0.1) is 27.6 Å². The van der Waals surface area contributed by atoms with Crippen LogP contribution in [0.15, 0.2) is 77.5 Å². The number of para-hydroxylation sites is 1. The molecule has 0 aliphatic heterocycles. The Kier molecular flexibility index (Phi) is 4.45. The third kappa shape index (κ3) is 3.51. The molecule has 8 heteroatoms. The van der Waals surface area contributed by atoms with Crippen LogP contribution >= 0.6 is 11.3 Å². The number of hydrogen-bond donors (Lipinski definition) is 2. The minimum Gasteiger partial charge on any atom is -0.459 e. The molecule has 2 aromatic carbocycles. The number of carbonyl (C=O) groups is 2. The van der Waals surface area contributed by atoms with E-state index in [0.29, 0.717) is 16.4 Å². The van der Waals surface area contributed by atoms with Crippen molar-refractivity contribution in [3.8, 4) is 0 Å². The zero-order chi connectivity index (χ0) is 20.5. The van der Waals surface area contributed by atoms with E-state index < -0.39 is 0 Å². The summed E-state index contributed by atoms with van der Waals surface area (Å²) >= 11 is 1.31. The maximum atomic E-state index is 12.6. The van der Waals surface area contributed by atoms with Crippen molar-refractivity contribution >= 4 is 55.1 Å². The van der Waals surface area contributed by atoms with E-state index in [-0.39, 0.29) is 17.6 Å². The average Bonchev–Trinajstić information content (AvgIpc) is 3.43. The number of amides is 2. The third-order valence-electron chi connectivity index (χ3n) is 4.46. The van der Waals surface area contributed by atoms with Crippen molar-refractivity contribution in [1.29, 1.82) is 0 Å². The number of anilines is 2. The molecular formula is C22H14N4O3S. The first-order chi connectivity index (χ1) is 14.7. The highest BCUT2D eigenvalue weighted by Gasteiger charge is 2.13. The molecule has 0 fully saturated rings. The highest BCUT2D eigenvalue weighted by molar-refractivity contribution is 7.22. The SMILES string of the molecule is O=C(Nc1ccc2nc(NC(=O)c3ccco3)sc2c1)c1cnc2ccccc2c1. The first kappa shape index (κ1) is 18.0. The lowest BCUT2D eigenvalue weighted by molar-refractivity contribution is 0.0994. The van der Waals surface area contributed by atoms with Crippen LogP contribution in [-0.2, 0) is 0 Å². The predicted octanol–water partition coefficient (Wildman–Crippen LogP) is 4.94. The van der Waals surface area contributed by atoms with Gasteiger partial charge in [-0.2, -0.15) is 0 Å². The monoisotopic (exact) mass is 414 g/mol. The van der Waals surface area contributed by atoms with Gasteiger partial charge in [0.15, 0.2) is 10.9 Å². The van der Waals surface area contributed by atoms with Gasteiger partial charge in [-0.25, -0.2) is 4.98 Å². The molecule has 0 bridgehead atoms. The number of fused-ring (bicyclic) bond motifs is 2. The van der Waals surface area contributed by atoms with Crippen LogP contribution in [0.2, 0.25) is 0 Å². The number of nitrogens with zero attached hydrogens (tertiary/aromatic N) is 2. The number of rotatable bonds is 4. The summed E-state index contributed by atoms with van der Waals surface area (Å²) < 4.78 is 5.92. The standard InChI is InChI=1S/C22H14N4O3S/c27-20(14-10-13-4-1-2-5-16(13)23-12-14)24-15-7-8-17-19(11-15)30-22(25-17)26-21(28)18-6-3-9-29-18/h1-12H,(H,24,27)(H,25,26,28). The van der Waals surface area contributed by atoms with Gasteiger partial charge in [0, 0.05) is 17.3 Å². The van der Waals surface area contributed by atoms with Crippen molar-refractivity contribution in [2.24, 2.45) is 0 Å². The van der Waals surface area contributed by atoms with E-state index in [2.05, 4.69) is 20.6 Å². The number of pyridine rings is 1. The number of thiazole rings is 1. The normalized spacial score (nSPS) is 10.9. The van der Waals surface area contributed by atoms with Gasteiger partial charge in [-0.05, 0) is 42.5 Å². The van der Waals surface area contributed by atoms with Gasteiger partial charge < -0.3 is 9.73 Å². The molecule has 0 unspecified atom stereocenters. The van der Waals surface area contributed by atoms with E-state index in [1.807, 2.05) is 36.4 Å². The molecule has 0 saturated carbocycles. The Morgan fingerprint density at radius 2 is 1.80 bits per heavy atom. The lowest BCUT2D eigenvalue weighted by Crippen LogP contribution is -2.12. The molecule has 0 radical (unpaired) electrons. The van der Waals surface area contributed by atoms with Crippen LogP contribution in [0.1, 0.15) is 20.9 Å². The van der Waals surface area contributed by atoms with E-state index >= 15 is 0 Å². The van der Waals surface area contributed by atoms with Crippen molar-refractivity contribution in [3.63, 3.8) is 0 Å². The van der Waals surface area contributed by atoms with Crippen molar-refractivity contribution in [1.82, 2.24) is 9.97 Å². The maximum Gasteiger partial charge on any atom is 0.293 e. The zero-order valence-electron chi connectivity index (χ0n) is 15.5. The summed E-state index contributed by atoms with van der Waals surface area (Å²) in [5, 5.41) is 6.96. The Labute approximate surface area is 174 Å². The van der Waals surface area contributed by atoms with Gasteiger partial charge in [-0.1, -0.05) is 29.5 Å². The minimum atomic E-state index is -0.364. The number of hydrogen-bond acceptors (Lipinski definition) is 6. The molecule has 2 amide bonds. The molecule has 5 rings (SSSR count). The van der Waals surface area contributed by atoms with E-state index in [0.717, 1.165) is 21.1 Å². The van der Waals surface area contributed by atoms with Gasteiger partial charge in [-0.3, -0.25) is 19.9 Å². The number of aromatic nitrogens is 2. The smallest absolute Gasteiger partial charge is 0.293 e. The fourth-order valence-corrected chi connectivity index (χ4v) is 3.92. The highest BCUT2D eigenvalue weighted by Crippen LogP contribution is 2.29. The Balaban J connectivity index is 1.35. The molecule has 3 aromatic heterocycles. The van der Waals surface area contributed by atoms with Gasteiger partial charge in [0.25, 0.3) is 11.8 Å². The van der Waals surface area contributed by atoms with Crippen LogP contribution in [0.5, 0.6) is 0 Å². The number of furan rings is 1. The second-order valence-corrected chi connectivity index (χ2v) is 7.53. The van der Waals surface area contributed by atoms with E-state index in [4.69, 9.17) is 4.42 Å². The topological polar surface area (TPSA) is 97.1 Å². The quantitative estimate of drug-likeness (QED) is 0.434. The van der Waals surface area contributed by atoms with Gasteiger partial charge in [0.1, 0.15) is 0 Å². The molecule has 5 aromatic rings. The Hall–Kier alpha value is -4.04. The van der Waals surface area contributed by atoms with Crippen molar-refractivity contribution in [2.75, 3.05) is 10.6 Å². The molecular weight excluding hydrogens is 400 g/mol. The Morgan fingerprint density at radius 1 is 0.900 bits per heavy atom. The molecule has 7 nitrogen and oxygen atoms in total. The lowest BCUT2D eigenvalue weighted by Gasteiger charge is -2.06. The first-order valence-electron chi connectivity index (χ1n) is 9.07. The summed E-state index contributed by atoms with van der Waals surface area (Å²) in [6.45, 7) is 0. The fourth-order valence-electron chi connectivity index (χ4n) is 3.02. The van der Waals surface area contributed by atoms with Gasteiger partial charge >= 0.3 is 0 Å². The molecule has 0 spiro atoms. The average molecular weight is 414 g/mol. The van der Waals surface area contributed by atoms with Crippen molar-refractivity contribution in [3.05, 3.63) is 84.4 Å². The van der Waals surface area contributed by atoms with Gasteiger partial charge in [-0.15, -0.1) is 0 Å². The fraction of sp³-hybridized carbons (Fsp3) is 0. The van der Waals surface area contributed by atoms with Gasteiger partial charge in [0.2, 0.25) is 0 Å².